The maximum absolute atomic E-state index is 13.1. The van der Waals surface area contributed by atoms with Crippen LogP contribution in [-0.2, 0) is 25.7 Å². The van der Waals surface area contributed by atoms with Crippen LogP contribution in [0.25, 0.3) is 11.1 Å². The molecule has 0 unspecified atom stereocenters. The van der Waals surface area contributed by atoms with E-state index in [0.29, 0.717) is 56.8 Å². The van der Waals surface area contributed by atoms with Gasteiger partial charge in [-0.25, -0.2) is 9.59 Å². The summed E-state index contributed by atoms with van der Waals surface area (Å²) in [6.45, 7) is 2.00. The van der Waals surface area contributed by atoms with E-state index in [-0.39, 0.29) is 37.6 Å². The van der Waals surface area contributed by atoms with E-state index in [2.05, 4.69) is 10.6 Å². The van der Waals surface area contributed by atoms with Crippen LogP contribution >= 0.6 is 0 Å². The Kier molecular flexibility index (Phi) is 12.4. The quantitative estimate of drug-likeness (QED) is 0.253. The highest BCUT2D eigenvalue weighted by Gasteiger charge is 2.31. The number of nitrogens with zero attached hydrogens (tertiary/aromatic N) is 2. The molecule has 11 heteroatoms. The van der Waals surface area contributed by atoms with Crippen LogP contribution in [0.1, 0.15) is 54.4 Å². The molecule has 0 aliphatic carbocycles. The molecule has 0 saturated carbocycles. The van der Waals surface area contributed by atoms with E-state index in [0.717, 1.165) is 29.5 Å². The Balaban J connectivity index is 1.01. The molecule has 0 bridgehead atoms. The number of ether oxygens (including phenoxy) is 1. The molecule has 2 saturated heterocycles. The number of hydrogen-bond acceptors (Lipinski definition) is 6. The van der Waals surface area contributed by atoms with Crippen LogP contribution in [0.4, 0.5) is 4.79 Å². The van der Waals surface area contributed by atoms with Crippen LogP contribution in [0.3, 0.4) is 0 Å². The molecule has 2 aliphatic rings. The van der Waals surface area contributed by atoms with Crippen LogP contribution < -0.4 is 10.6 Å². The van der Waals surface area contributed by atoms with Gasteiger partial charge in [0.05, 0.1) is 5.92 Å². The van der Waals surface area contributed by atoms with E-state index in [9.17, 15) is 29.1 Å². The van der Waals surface area contributed by atoms with Gasteiger partial charge < -0.3 is 30.3 Å². The summed E-state index contributed by atoms with van der Waals surface area (Å²) in [6, 6.07) is 24.8. The van der Waals surface area contributed by atoms with Gasteiger partial charge in [0.25, 0.3) is 5.91 Å². The van der Waals surface area contributed by atoms with Gasteiger partial charge in [0.15, 0.2) is 0 Å². The van der Waals surface area contributed by atoms with Gasteiger partial charge in [0.2, 0.25) is 11.8 Å². The summed E-state index contributed by atoms with van der Waals surface area (Å²) in [5.74, 6) is -2.28. The van der Waals surface area contributed by atoms with Crippen LogP contribution in [0.15, 0.2) is 84.9 Å². The second-order valence-corrected chi connectivity index (χ2v) is 12.7. The number of rotatable bonds is 12. The molecule has 0 aromatic heterocycles. The number of carbonyl (C=O) groups is 5. The first kappa shape index (κ1) is 35.1. The maximum atomic E-state index is 13.1. The Labute approximate surface area is 286 Å². The molecule has 0 radical (unpaired) electrons. The third-order valence-electron chi connectivity index (χ3n) is 9.33. The smallest absolute Gasteiger partial charge is 0.410 e. The van der Waals surface area contributed by atoms with Crippen molar-refractivity contribution >= 4 is 29.8 Å². The van der Waals surface area contributed by atoms with Gasteiger partial charge in [0.1, 0.15) is 12.6 Å². The van der Waals surface area contributed by atoms with Crippen molar-refractivity contribution in [1.82, 2.24) is 20.4 Å². The number of likely N-dealkylation sites (tertiary alicyclic amines) is 2. The van der Waals surface area contributed by atoms with Crippen LogP contribution in [0, 0.1) is 11.8 Å². The number of benzene rings is 3. The van der Waals surface area contributed by atoms with E-state index < -0.39 is 23.8 Å². The molecule has 0 spiro atoms. The fraction of sp³-hybridized carbons (Fsp3) is 0.395. The van der Waals surface area contributed by atoms with Crippen molar-refractivity contribution in [3.63, 3.8) is 0 Å². The second kappa shape index (κ2) is 17.3. The van der Waals surface area contributed by atoms with Crippen molar-refractivity contribution in [3.05, 3.63) is 96.1 Å². The molecular weight excluding hydrogens is 624 g/mol. The largest absolute Gasteiger partial charge is 0.480 e. The Morgan fingerprint density at radius 2 is 1.45 bits per heavy atom. The summed E-state index contributed by atoms with van der Waals surface area (Å²) in [5.41, 5.74) is 3.18. The summed E-state index contributed by atoms with van der Waals surface area (Å²) in [6.07, 6.45) is 3.64. The first-order chi connectivity index (χ1) is 23.8. The molecular formula is C38H44N4O7. The highest BCUT2D eigenvalue weighted by Crippen LogP contribution is 2.25. The highest BCUT2D eigenvalue weighted by molar-refractivity contribution is 5.97. The zero-order valence-corrected chi connectivity index (χ0v) is 27.6. The minimum atomic E-state index is -1.32. The van der Waals surface area contributed by atoms with Crippen molar-refractivity contribution in [2.75, 3.05) is 32.7 Å². The Morgan fingerprint density at radius 1 is 0.796 bits per heavy atom. The third-order valence-corrected chi connectivity index (χ3v) is 9.33. The van der Waals surface area contributed by atoms with Crippen molar-refractivity contribution < 1.29 is 33.8 Å². The molecule has 3 aromatic rings. The predicted octanol–water partition coefficient (Wildman–Crippen LogP) is 4.72. The lowest BCUT2D eigenvalue weighted by atomic mass is 9.91. The van der Waals surface area contributed by atoms with Crippen molar-refractivity contribution in [1.29, 1.82) is 0 Å². The lowest BCUT2D eigenvalue weighted by Gasteiger charge is -2.34. The fourth-order valence-electron chi connectivity index (χ4n) is 6.35. The topological polar surface area (TPSA) is 145 Å². The standard InChI is InChI=1S/C38H44N4O7/c43-34(18-13-27-19-22-41(23-20-27)38(48)49-26-28-8-3-1-4-9-28)42-21-7-12-32(25-42)35(44)39-24-33(37(46)47)40-36(45)31-16-14-30(15-17-31)29-10-5-2-6-11-29/h1-6,8-11,14-17,27,32-33H,7,12-13,18-26H2,(H,39,44)(H,40,45)(H,46,47)/t32-,33+/m1/s1. The van der Waals surface area contributed by atoms with Gasteiger partial charge in [-0.3, -0.25) is 14.4 Å². The van der Waals surface area contributed by atoms with Crippen molar-refractivity contribution in [2.24, 2.45) is 11.8 Å². The van der Waals surface area contributed by atoms with Crippen molar-refractivity contribution in [2.45, 2.75) is 51.2 Å². The van der Waals surface area contributed by atoms with Crippen molar-refractivity contribution in [3.8, 4) is 11.1 Å². The van der Waals surface area contributed by atoms with Gasteiger partial charge in [0, 0.05) is 44.7 Å². The van der Waals surface area contributed by atoms with E-state index in [1.165, 1.54) is 0 Å². The molecule has 3 N–H and O–H groups in total. The average Bonchev–Trinajstić information content (AvgIpc) is 3.15. The Morgan fingerprint density at radius 3 is 2.12 bits per heavy atom. The maximum Gasteiger partial charge on any atom is 0.410 e. The van der Waals surface area contributed by atoms with Gasteiger partial charge in [-0.2, -0.15) is 0 Å². The lowest BCUT2D eigenvalue weighted by molar-refractivity contribution is -0.139. The normalized spacial score (nSPS) is 17.1. The van der Waals surface area contributed by atoms with Crippen LogP contribution in [0.5, 0.6) is 0 Å². The number of hydrogen-bond donors (Lipinski definition) is 3. The molecule has 3 aromatic carbocycles. The minimum Gasteiger partial charge on any atom is -0.480 e. The molecule has 49 heavy (non-hydrogen) atoms. The number of nitrogens with one attached hydrogen (secondary N) is 2. The minimum absolute atomic E-state index is 0.00356. The molecule has 2 heterocycles. The van der Waals surface area contributed by atoms with Gasteiger partial charge in [-0.05, 0) is 66.8 Å². The molecule has 2 fully saturated rings. The van der Waals surface area contributed by atoms with Gasteiger partial charge in [-0.15, -0.1) is 0 Å². The van der Waals surface area contributed by atoms with E-state index >= 15 is 0 Å². The number of carbonyl (C=O) groups excluding carboxylic acids is 4. The summed E-state index contributed by atoms with van der Waals surface area (Å²) < 4.78 is 5.45. The first-order valence-electron chi connectivity index (χ1n) is 17.0. The summed E-state index contributed by atoms with van der Waals surface area (Å²) in [7, 11) is 0. The molecule has 5 rings (SSSR count). The predicted molar refractivity (Wildman–Crippen MR) is 183 cm³/mol. The number of piperidine rings is 2. The fourth-order valence-corrected chi connectivity index (χ4v) is 6.35. The monoisotopic (exact) mass is 668 g/mol. The molecule has 4 amide bonds. The third kappa shape index (κ3) is 10.2. The summed E-state index contributed by atoms with van der Waals surface area (Å²) in [5, 5.41) is 14.9. The zero-order chi connectivity index (χ0) is 34.6. The number of carboxylic acid groups (broad SMARTS) is 1. The van der Waals surface area contributed by atoms with Gasteiger partial charge in [-0.1, -0.05) is 72.8 Å². The zero-order valence-electron chi connectivity index (χ0n) is 27.6. The molecule has 2 atom stereocenters. The van der Waals surface area contributed by atoms with E-state index in [1.54, 1.807) is 34.1 Å². The lowest BCUT2D eigenvalue weighted by Crippen LogP contribution is -2.51. The molecule has 258 valence electrons. The van der Waals surface area contributed by atoms with Crippen LogP contribution in [0.2, 0.25) is 0 Å². The molecule has 11 nitrogen and oxygen atoms in total. The summed E-state index contributed by atoms with van der Waals surface area (Å²) in [4.78, 5) is 66.8. The van der Waals surface area contributed by atoms with Gasteiger partial charge >= 0.3 is 12.1 Å². The second-order valence-electron chi connectivity index (χ2n) is 12.7. The van der Waals surface area contributed by atoms with E-state index in [4.69, 9.17) is 4.74 Å². The molecule has 2 aliphatic heterocycles. The summed E-state index contributed by atoms with van der Waals surface area (Å²) >= 11 is 0. The first-order valence-corrected chi connectivity index (χ1v) is 17.0. The average molecular weight is 669 g/mol. The Hall–Kier alpha value is -5.19. The number of aliphatic carboxylic acids is 1. The number of amides is 4. The highest BCUT2D eigenvalue weighted by atomic mass is 16.6. The van der Waals surface area contributed by atoms with Crippen LogP contribution in [-0.4, -0.2) is 83.5 Å². The Bertz CT molecular complexity index is 1570. The SMILES string of the molecule is O=C(N[C@@H](CNC(=O)[C@@H]1CCCN(C(=O)CCC2CCN(C(=O)OCc3ccccc3)CC2)C1)C(=O)O)c1ccc(-c2ccccc2)cc1. The number of carboxylic acids is 1. The van der Waals surface area contributed by atoms with E-state index in [1.807, 2.05) is 60.7 Å².